The molecule has 2 fully saturated rings. The van der Waals surface area contributed by atoms with Gasteiger partial charge in [-0.1, -0.05) is 0 Å². The summed E-state index contributed by atoms with van der Waals surface area (Å²) in [5, 5.41) is 18.9. The van der Waals surface area contributed by atoms with Crippen molar-refractivity contribution in [1.82, 2.24) is 4.90 Å². The fraction of sp³-hybridized carbons (Fsp3) is 0.867. The number of aliphatic hydroxyl groups is 1. The number of likely N-dealkylation sites (tertiary alicyclic amines) is 1. The molecule has 1 saturated heterocycles. The van der Waals surface area contributed by atoms with Crippen molar-refractivity contribution >= 4 is 12.1 Å². The van der Waals surface area contributed by atoms with Gasteiger partial charge in [-0.3, -0.25) is 4.79 Å². The van der Waals surface area contributed by atoms with E-state index < -0.39 is 23.1 Å². The van der Waals surface area contributed by atoms with Gasteiger partial charge in [0, 0.05) is 13.1 Å². The highest BCUT2D eigenvalue weighted by Gasteiger charge is 2.55. The highest BCUT2D eigenvalue weighted by molar-refractivity contribution is 5.76. The van der Waals surface area contributed by atoms with Gasteiger partial charge in [-0.2, -0.15) is 0 Å². The standard InChI is InChI=1S/C15H25NO5/c1-14(2,3)21-13(20)16-6-4-10(5-7-16)15(12(18)19)8-11(17)9-15/h10-11,17H,4-9H2,1-3H3,(H,18,19). The van der Waals surface area contributed by atoms with Crippen LogP contribution in [-0.4, -0.2) is 52.0 Å². The number of carboxylic acids is 1. The molecule has 0 spiro atoms. The minimum Gasteiger partial charge on any atom is -0.481 e. The van der Waals surface area contributed by atoms with Crippen LogP contribution in [0.5, 0.6) is 0 Å². The van der Waals surface area contributed by atoms with Crippen LogP contribution in [0.3, 0.4) is 0 Å². The van der Waals surface area contributed by atoms with E-state index in [0.717, 1.165) is 0 Å². The van der Waals surface area contributed by atoms with Crippen LogP contribution in [0.2, 0.25) is 0 Å². The van der Waals surface area contributed by atoms with Crippen molar-refractivity contribution in [3.63, 3.8) is 0 Å². The summed E-state index contributed by atoms with van der Waals surface area (Å²) in [5.74, 6) is -0.791. The van der Waals surface area contributed by atoms with Crippen LogP contribution in [0.1, 0.15) is 46.5 Å². The molecule has 120 valence electrons. The van der Waals surface area contributed by atoms with Gasteiger partial charge in [-0.05, 0) is 52.4 Å². The van der Waals surface area contributed by atoms with Crippen LogP contribution >= 0.6 is 0 Å². The number of ether oxygens (including phenoxy) is 1. The zero-order valence-electron chi connectivity index (χ0n) is 13.0. The quantitative estimate of drug-likeness (QED) is 0.812. The summed E-state index contributed by atoms with van der Waals surface area (Å²) in [6, 6.07) is 0. The first-order valence-electron chi connectivity index (χ1n) is 7.53. The maximum atomic E-state index is 12.0. The first kappa shape index (κ1) is 16.1. The molecule has 0 aromatic rings. The van der Waals surface area contributed by atoms with E-state index in [4.69, 9.17) is 4.74 Å². The van der Waals surface area contributed by atoms with E-state index in [2.05, 4.69) is 0 Å². The molecular formula is C15H25NO5. The van der Waals surface area contributed by atoms with Crippen molar-refractivity contribution in [2.45, 2.75) is 58.2 Å². The lowest BCUT2D eigenvalue weighted by Gasteiger charge is -2.49. The highest BCUT2D eigenvalue weighted by atomic mass is 16.6. The van der Waals surface area contributed by atoms with E-state index >= 15 is 0 Å². The number of carbonyl (C=O) groups is 2. The van der Waals surface area contributed by atoms with Gasteiger partial charge in [0.1, 0.15) is 5.60 Å². The summed E-state index contributed by atoms with van der Waals surface area (Å²) in [5.41, 5.74) is -1.31. The second-order valence-corrected chi connectivity index (χ2v) is 7.27. The second kappa shape index (κ2) is 5.48. The Morgan fingerprint density at radius 2 is 1.71 bits per heavy atom. The first-order valence-corrected chi connectivity index (χ1v) is 7.53. The monoisotopic (exact) mass is 299 g/mol. The van der Waals surface area contributed by atoms with E-state index in [9.17, 15) is 19.8 Å². The molecule has 0 radical (unpaired) electrons. The van der Waals surface area contributed by atoms with Gasteiger partial charge in [-0.15, -0.1) is 0 Å². The Morgan fingerprint density at radius 1 is 1.19 bits per heavy atom. The van der Waals surface area contributed by atoms with Crippen molar-refractivity contribution in [3.8, 4) is 0 Å². The van der Waals surface area contributed by atoms with Crippen molar-refractivity contribution < 1.29 is 24.5 Å². The van der Waals surface area contributed by atoms with Gasteiger partial charge in [-0.25, -0.2) is 4.79 Å². The molecule has 1 amide bonds. The lowest BCUT2D eigenvalue weighted by atomic mass is 9.57. The summed E-state index contributed by atoms with van der Waals surface area (Å²) in [6.45, 7) is 6.52. The smallest absolute Gasteiger partial charge is 0.410 e. The van der Waals surface area contributed by atoms with Crippen LogP contribution in [0.25, 0.3) is 0 Å². The van der Waals surface area contributed by atoms with Crippen LogP contribution in [-0.2, 0) is 9.53 Å². The largest absolute Gasteiger partial charge is 0.481 e. The van der Waals surface area contributed by atoms with Crippen LogP contribution in [0.15, 0.2) is 0 Å². The van der Waals surface area contributed by atoms with Gasteiger partial charge >= 0.3 is 12.1 Å². The summed E-state index contributed by atoms with van der Waals surface area (Å²) < 4.78 is 5.33. The number of aliphatic carboxylic acids is 1. The molecule has 0 aromatic heterocycles. The Kier molecular flexibility index (Phi) is 4.19. The number of carboxylic acid groups (broad SMARTS) is 1. The summed E-state index contributed by atoms with van der Waals surface area (Å²) >= 11 is 0. The molecule has 21 heavy (non-hydrogen) atoms. The van der Waals surface area contributed by atoms with E-state index in [-0.39, 0.29) is 12.0 Å². The van der Waals surface area contributed by atoms with Gasteiger partial charge in [0.2, 0.25) is 0 Å². The Hall–Kier alpha value is -1.30. The SMILES string of the molecule is CC(C)(C)OC(=O)N1CCC(C2(C(=O)O)CC(O)C2)CC1. The maximum absolute atomic E-state index is 12.0. The average molecular weight is 299 g/mol. The molecule has 1 aliphatic heterocycles. The molecule has 1 aliphatic carbocycles. The maximum Gasteiger partial charge on any atom is 0.410 e. The van der Waals surface area contributed by atoms with Gasteiger partial charge < -0.3 is 19.8 Å². The number of aliphatic hydroxyl groups excluding tert-OH is 1. The van der Waals surface area contributed by atoms with Crippen LogP contribution in [0.4, 0.5) is 4.79 Å². The molecule has 0 unspecified atom stereocenters. The third-order valence-electron chi connectivity index (χ3n) is 4.55. The molecule has 2 aliphatic rings. The van der Waals surface area contributed by atoms with Gasteiger partial charge in [0.15, 0.2) is 0 Å². The fourth-order valence-electron chi connectivity index (χ4n) is 3.40. The minimum absolute atomic E-state index is 0.0251. The topological polar surface area (TPSA) is 87.1 Å². The number of piperidine rings is 1. The normalized spacial score (nSPS) is 30.7. The van der Waals surface area contributed by atoms with E-state index in [1.807, 2.05) is 20.8 Å². The molecule has 6 heteroatoms. The van der Waals surface area contributed by atoms with Crippen molar-refractivity contribution in [3.05, 3.63) is 0 Å². The molecule has 0 atom stereocenters. The van der Waals surface area contributed by atoms with Gasteiger partial charge in [0.25, 0.3) is 0 Å². The van der Waals surface area contributed by atoms with Crippen LogP contribution < -0.4 is 0 Å². The Morgan fingerprint density at radius 3 is 2.10 bits per heavy atom. The number of nitrogens with zero attached hydrogens (tertiary/aromatic N) is 1. The number of hydrogen-bond donors (Lipinski definition) is 2. The number of amides is 1. The van der Waals surface area contributed by atoms with Crippen molar-refractivity contribution in [2.24, 2.45) is 11.3 Å². The average Bonchev–Trinajstić information content (AvgIpc) is 2.32. The molecule has 2 N–H and O–H groups in total. The zero-order valence-corrected chi connectivity index (χ0v) is 13.0. The molecule has 2 rings (SSSR count). The summed E-state index contributed by atoms with van der Waals surface area (Å²) in [7, 11) is 0. The molecule has 6 nitrogen and oxygen atoms in total. The zero-order chi connectivity index (χ0) is 15.8. The molecule has 0 aromatic carbocycles. The second-order valence-electron chi connectivity index (χ2n) is 7.27. The van der Waals surface area contributed by atoms with Gasteiger partial charge in [0.05, 0.1) is 11.5 Å². The van der Waals surface area contributed by atoms with Crippen LogP contribution in [0, 0.1) is 11.3 Å². The minimum atomic E-state index is -0.816. The number of hydrogen-bond acceptors (Lipinski definition) is 4. The Bertz CT molecular complexity index is 414. The van der Waals surface area contributed by atoms with E-state index in [1.54, 1.807) is 4.90 Å². The summed E-state index contributed by atoms with van der Waals surface area (Å²) in [4.78, 5) is 25.2. The molecule has 1 saturated carbocycles. The third-order valence-corrected chi connectivity index (χ3v) is 4.55. The Balaban J connectivity index is 1.91. The summed E-state index contributed by atoms with van der Waals surface area (Å²) in [6.07, 6.45) is 1.14. The number of rotatable bonds is 2. The first-order chi connectivity index (χ1) is 9.64. The fourth-order valence-corrected chi connectivity index (χ4v) is 3.40. The lowest BCUT2D eigenvalue weighted by molar-refractivity contribution is -0.173. The predicted molar refractivity (Wildman–Crippen MR) is 75.8 cm³/mol. The lowest BCUT2D eigenvalue weighted by Crippen LogP contribution is -2.55. The molecule has 0 bridgehead atoms. The highest BCUT2D eigenvalue weighted by Crippen LogP contribution is 2.51. The Labute approximate surface area is 125 Å². The third kappa shape index (κ3) is 3.31. The number of carbonyl (C=O) groups excluding carboxylic acids is 1. The van der Waals surface area contributed by atoms with Crippen molar-refractivity contribution in [2.75, 3.05) is 13.1 Å². The molecule has 1 heterocycles. The van der Waals surface area contributed by atoms with E-state index in [1.165, 1.54) is 0 Å². The predicted octanol–water partition coefficient (Wildman–Crippen LogP) is 1.86. The van der Waals surface area contributed by atoms with Crippen molar-refractivity contribution in [1.29, 1.82) is 0 Å². The molecular weight excluding hydrogens is 274 g/mol. The van der Waals surface area contributed by atoms with E-state index in [0.29, 0.717) is 38.8 Å².